The van der Waals surface area contributed by atoms with E-state index in [1.165, 1.54) is 0 Å². The van der Waals surface area contributed by atoms with Crippen LogP contribution in [0.25, 0.3) is 0 Å². The Labute approximate surface area is 149 Å². The van der Waals surface area contributed by atoms with Crippen LogP contribution in [-0.4, -0.2) is 34.9 Å². The Balaban J connectivity index is 1.75. The molecule has 8 heteroatoms. The fourth-order valence-electron chi connectivity index (χ4n) is 2.27. The number of halogens is 1. The van der Waals surface area contributed by atoms with Gasteiger partial charge in [-0.1, -0.05) is 28.4 Å². The number of hydrazine groups is 1. The van der Waals surface area contributed by atoms with Crippen molar-refractivity contribution in [3.05, 3.63) is 28.7 Å². The molecule has 1 saturated heterocycles. The van der Waals surface area contributed by atoms with E-state index >= 15 is 0 Å². The molecule has 1 heterocycles. The molecule has 3 N–H and O–H groups in total. The molecule has 6 nitrogen and oxygen atoms in total. The van der Waals surface area contributed by atoms with Crippen LogP contribution in [0.2, 0.25) is 0 Å². The molecule has 0 saturated carbocycles. The number of rotatable bonds is 3. The van der Waals surface area contributed by atoms with Crippen molar-refractivity contribution in [2.75, 3.05) is 18.4 Å². The zero-order chi connectivity index (χ0) is 16.7. The summed E-state index contributed by atoms with van der Waals surface area (Å²) in [7, 11) is 0. The molecule has 2 amide bonds. The highest BCUT2D eigenvalue weighted by atomic mass is 79.9. The molecule has 23 heavy (non-hydrogen) atoms. The number of nitrogens with zero attached hydrogens (tertiary/aromatic N) is 1. The number of hydrogen-bond donors (Lipinski definition) is 3. The summed E-state index contributed by atoms with van der Waals surface area (Å²) in [6.45, 7) is 0.679. The summed E-state index contributed by atoms with van der Waals surface area (Å²) >= 11 is 8.48. The highest BCUT2D eigenvalue weighted by Crippen LogP contribution is 2.15. The lowest BCUT2D eigenvalue weighted by atomic mass is 10.2. The van der Waals surface area contributed by atoms with Crippen molar-refractivity contribution in [2.24, 2.45) is 0 Å². The average Bonchev–Trinajstić information content (AvgIpc) is 2.70. The van der Waals surface area contributed by atoms with Gasteiger partial charge in [-0.3, -0.25) is 20.4 Å². The summed E-state index contributed by atoms with van der Waals surface area (Å²) in [6.07, 6.45) is 3.39. The maximum absolute atomic E-state index is 11.9. The molecule has 1 aliphatic heterocycles. The zero-order valence-corrected chi connectivity index (χ0v) is 15.0. The predicted molar refractivity (Wildman–Crippen MR) is 96.7 cm³/mol. The minimum atomic E-state index is -0.293. The Hall–Kier alpha value is -1.67. The summed E-state index contributed by atoms with van der Waals surface area (Å²) in [5.74, 6) is -0.258. The lowest BCUT2D eigenvalue weighted by Gasteiger charge is -2.20. The molecule has 0 spiro atoms. The van der Waals surface area contributed by atoms with E-state index in [2.05, 4.69) is 32.1 Å². The Kier molecular flexibility index (Phi) is 6.79. The van der Waals surface area contributed by atoms with Crippen molar-refractivity contribution in [1.82, 2.24) is 15.8 Å². The number of likely N-dealkylation sites (tertiary alicyclic amines) is 1. The number of carbonyl (C=O) groups is 2. The van der Waals surface area contributed by atoms with Crippen LogP contribution in [0.5, 0.6) is 0 Å². The summed E-state index contributed by atoms with van der Waals surface area (Å²) in [5, 5.41) is 3.23. The van der Waals surface area contributed by atoms with Gasteiger partial charge in [-0.05, 0) is 43.3 Å². The van der Waals surface area contributed by atoms with Gasteiger partial charge in [-0.25, -0.2) is 0 Å². The number of anilines is 1. The van der Waals surface area contributed by atoms with Gasteiger partial charge < -0.3 is 10.2 Å². The van der Waals surface area contributed by atoms with Gasteiger partial charge in [0.2, 0.25) is 5.91 Å². The molecule has 124 valence electrons. The average molecular weight is 399 g/mol. The topological polar surface area (TPSA) is 73.5 Å². The number of benzene rings is 1. The number of hydrogen-bond acceptors (Lipinski definition) is 3. The minimum Gasteiger partial charge on any atom is -0.333 e. The normalized spacial score (nSPS) is 14.8. The zero-order valence-electron chi connectivity index (χ0n) is 12.6. The Morgan fingerprint density at radius 2 is 2.09 bits per heavy atom. The van der Waals surface area contributed by atoms with E-state index in [9.17, 15) is 9.59 Å². The van der Waals surface area contributed by atoms with Crippen LogP contribution in [0, 0.1) is 0 Å². The summed E-state index contributed by atoms with van der Waals surface area (Å²) in [6, 6.07) is 7.50. The molecule has 0 aliphatic carbocycles. The van der Waals surface area contributed by atoms with Gasteiger partial charge in [0.05, 0.1) is 0 Å². The SMILES string of the molecule is O=C(CN1CCCCCC1=O)NNC(=S)Nc1cccc(Br)c1. The van der Waals surface area contributed by atoms with Crippen LogP contribution >= 0.6 is 28.1 Å². The fraction of sp³-hybridized carbons (Fsp3) is 0.400. The summed E-state index contributed by atoms with van der Waals surface area (Å²) in [5.41, 5.74) is 5.95. The highest BCUT2D eigenvalue weighted by molar-refractivity contribution is 9.10. The van der Waals surface area contributed by atoms with Crippen LogP contribution in [0.15, 0.2) is 28.7 Å². The highest BCUT2D eigenvalue weighted by Gasteiger charge is 2.19. The Morgan fingerprint density at radius 3 is 2.87 bits per heavy atom. The summed E-state index contributed by atoms with van der Waals surface area (Å²) in [4.78, 5) is 25.4. The van der Waals surface area contributed by atoms with Crippen LogP contribution < -0.4 is 16.2 Å². The van der Waals surface area contributed by atoms with E-state index in [4.69, 9.17) is 12.2 Å². The van der Waals surface area contributed by atoms with Crippen molar-refractivity contribution in [3.8, 4) is 0 Å². The third-order valence-corrected chi connectivity index (χ3v) is 4.10. The number of thiocarbonyl (C=S) groups is 1. The standard InChI is InChI=1S/C15H19BrN4O2S/c16-11-5-4-6-12(9-11)17-15(23)19-18-13(21)10-20-8-3-1-2-7-14(20)22/h4-6,9H,1-3,7-8,10H2,(H,18,21)(H2,17,19,23). The van der Waals surface area contributed by atoms with Crippen molar-refractivity contribution < 1.29 is 9.59 Å². The van der Waals surface area contributed by atoms with E-state index in [0.29, 0.717) is 13.0 Å². The number of nitrogens with one attached hydrogen (secondary N) is 3. The molecule has 0 aromatic heterocycles. The first-order valence-electron chi connectivity index (χ1n) is 7.44. The van der Waals surface area contributed by atoms with E-state index in [1.54, 1.807) is 4.90 Å². The van der Waals surface area contributed by atoms with Crippen molar-refractivity contribution in [1.29, 1.82) is 0 Å². The quantitative estimate of drug-likeness (QED) is 0.537. The fourth-order valence-corrected chi connectivity index (χ4v) is 2.84. The molecular formula is C15H19BrN4O2S. The third-order valence-electron chi connectivity index (χ3n) is 3.40. The minimum absolute atomic E-state index is 0.0347. The van der Waals surface area contributed by atoms with Gasteiger partial charge in [-0.2, -0.15) is 0 Å². The first-order chi connectivity index (χ1) is 11.0. The van der Waals surface area contributed by atoms with Gasteiger partial charge in [0.15, 0.2) is 5.11 Å². The van der Waals surface area contributed by atoms with Gasteiger partial charge in [0.25, 0.3) is 5.91 Å². The molecule has 0 radical (unpaired) electrons. The van der Waals surface area contributed by atoms with Crippen molar-refractivity contribution in [3.63, 3.8) is 0 Å². The number of carbonyl (C=O) groups excluding carboxylic acids is 2. The largest absolute Gasteiger partial charge is 0.333 e. The lowest BCUT2D eigenvalue weighted by molar-refractivity contribution is -0.135. The molecule has 0 unspecified atom stereocenters. The van der Waals surface area contributed by atoms with Gasteiger partial charge in [-0.15, -0.1) is 0 Å². The van der Waals surface area contributed by atoms with E-state index in [1.807, 2.05) is 24.3 Å². The molecule has 1 aliphatic rings. The van der Waals surface area contributed by atoms with E-state index in [0.717, 1.165) is 29.4 Å². The predicted octanol–water partition coefficient (Wildman–Crippen LogP) is 2.17. The Morgan fingerprint density at radius 1 is 1.26 bits per heavy atom. The van der Waals surface area contributed by atoms with Gasteiger partial charge >= 0.3 is 0 Å². The van der Waals surface area contributed by atoms with Crippen LogP contribution in [0.1, 0.15) is 25.7 Å². The first kappa shape index (κ1) is 17.7. The van der Waals surface area contributed by atoms with E-state index < -0.39 is 0 Å². The molecule has 2 rings (SSSR count). The second-order valence-electron chi connectivity index (χ2n) is 5.26. The van der Waals surface area contributed by atoms with Crippen LogP contribution in [-0.2, 0) is 9.59 Å². The van der Waals surface area contributed by atoms with Crippen LogP contribution in [0.3, 0.4) is 0 Å². The van der Waals surface area contributed by atoms with Crippen LogP contribution in [0.4, 0.5) is 5.69 Å². The van der Waals surface area contributed by atoms with Gasteiger partial charge in [0.1, 0.15) is 6.54 Å². The monoisotopic (exact) mass is 398 g/mol. The molecule has 1 aromatic carbocycles. The number of amides is 2. The molecular weight excluding hydrogens is 380 g/mol. The lowest BCUT2D eigenvalue weighted by Crippen LogP contribution is -2.48. The first-order valence-corrected chi connectivity index (χ1v) is 8.64. The Bertz CT molecular complexity index is 597. The molecule has 0 bridgehead atoms. The second kappa shape index (κ2) is 8.83. The van der Waals surface area contributed by atoms with Crippen molar-refractivity contribution >= 4 is 50.8 Å². The van der Waals surface area contributed by atoms with Crippen molar-refractivity contribution in [2.45, 2.75) is 25.7 Å². The molecule has 0 atom stereocenters. The smallest absolute Gasteiger partial charge is 0.257 e. The van der Waals surface area contributed by atoms with E-state index in [-0.39, 0.29) is 23.5 Å². The molecule has 1 aromatic rings. The molecule has 1 fully saturated rings. The maximum Gasteiger partial charge on any atom is 0.257 e. The summed E-state index contributed by atoms with van der Waals surface area (Å²) < 4.78 is 0.925. The van der Waals surface area contributed by atoms with Gasteiger partial charge in [0, 0.05) is 23.1 Å². The maximum atomic E-state index is 11.9. The second-order valence-corrected chi connectivity index (χ2v) is 6.59. The third kappa shape index (κ3) is 6.15.